The number of fused-ring (bicyclic) bond motifs is 1. The van der Waals surface area contributed by atoms with Crippen molar-refractivity contribution in [3.05, 3.63) is 45.8 Å². The fourth-order valence-corrected chi connectivity index (χ4v) is 4.66. The number of Topliss-reactive ketones (excluding diaryl/α,β-unsaturated/α-hetero) is 1. The van der Waals surface area contributed by atoms with Crippen LogP contribution in [0.2, 0.25) is 0 Å². The zero-order valence-electron chi connectivity index (χ0n) is 16.7. The average Bonchev–Trinajstić information content (AvgIpc) is 3.05. The number of hydrogen-bond donors (Lipinski definition) is 1. The van der Waals surface area contributed by atoms with Gasteiger partial charge in [-0.2, -0.15) is 5.26 Å². The minimum Gasteiger partial charge on any atom is -0.494 e. The second-order valence-electron chi connectivity index (χ2n) is 7.68. The van der Waals surface area contributed by atoms with Gasteiger partial charge in [0.1, 0.15) is 16.8 Å². The maximum Gasteiger partial charge on any atom is 0.164 e. The smallest absolute Gasteiger partial charge is 0.164 e. The number of carbonyl (C=O) groups is 1. The summed E-state index contributed by atoms with van der Waals surface area (Å²) in [5, 5.41) is 13.8. The van der Waals surface area contributed by atoms with Gasteiger partial charge in [0.05, 0.1) is 12.2 Å². The van der Waals surface area contributed by atoms with Crippen LogP contribution in [0.25, 0.3) is 0 Å². The highest BCUT2D eigenvalue weighted by atomic mass is 32.1. The molecule has 0 unspecified atom stereocenters. The van der Waals surface area contributed by atoms with Crippen molar-refractivity contribution >= 4 is 22.1 Å². The first kappa shape index (κ1) is 20.4. The number of nitrogens with zero attached hydrogens (tertiary/aromatic N) is 1. The second kappa shape index (κ2) is 9.75. The highest BCUT2D eigenvalue weighted by molar-refractivity contribution is 7.16. The summed E-state index contributed by atoms with van der Waals surface area (Å²) in [7, 11) is 0. The summed E-state index contributed by atoms with van der Waals surface area (Å²) in [5.41, 5.74) is 2.71. The number of nitrogens with one attached hydrogen (secondary N) is 1. The molecule has 1 aromatic heterocycles. The molecule has 3 rings (SSSR count). The van der Waals surface area contributed by atoms with Crippen LogP contribution in [0.1, 0.15) is 65.9 Å². The summed E-state index contributed by atoms with van der Waals surface area (Å²) in [4.78, 5) is 13.8. The molecule has 0 fully saturated rings. The maximum absolute atomic E-state index is 12.5. The highest BCUT2D eigenvalue weighted by Crippen LogP contribution is 2.37. The van der Waals surface area contributed by atoms with E-state index in [1.807, 2.05) is 24.3 Å². The Labute approximate surface area is 171 Å². The van der Waals surface area contributed by atoms with Crippen molar-refractivity contribution < 1.29 is 9.53 Å². The number of benzene rings is 1. The third-order valence-electron chi connectivity index (χ3n) is 5.06. The standard InChI is InChI=1S/C23H28N2O2S/c1-16(2)12-14-27-18-9-7-17(8-10-18)21(26)11-13-25-23-20(15-24)19-5-3-4-6-22(19)28-23/h7-10,16,25H,3-6,11-14H2,1-2H3. The van der Waals surface area contributed by atoms with Crippen molar-refractivity contribution in [3.8, 4) is 11.8 Å². The number of anilines is 1. The molecule has 2 aromatic rings. The molecule has 5 heteroatoms. The molecule has 1 aromatic carbocycles. The van der Waals surface area contributed by atoms with Crippen molar-refractivity contribution in [2.24, 2.45) is 5.92 Å². The second-order valence-corrected chi connectivity index (χ2v) is 8.79. The maximum atomic E-state index is 12.5. The molecule has 0 amide bonds. The predicted octanol–water partition coefficient (Wildman–Crippen LogP) is 5.61. The summed E-state index contributed by atoms with van der Waals surface area (Å²) in [6.45, 7) is 5.58. The molecule has 0 atom stereocenters. The van der Waals surface area contributed by atoms with Crippen LogP contribution in [-0.4, -0.2) is 18.9 Å². The Morgan fingerprint density at radius 1 is 1.25 bits per heavy atom. The Balaban J connectivity index is 1.51. The molecule has 1 aliphatic carbocycles. The molecule has 148 valence electrons. The van der Waals surface area contributed by atoms with E-state index in [1.54, 1.807) is 11.3 Å². The van der Waals surface area contributed by atoms with E-state index in [4.69, 9.17) is 4.74 Å². The van der Waals surface area contributed by atoms with Gasteiger partial charge in [-0.15, -0.1) is 11.3 Å². The largest absolute Gasteiger partial charge is 0.494 e. The van der Waals surface area contributed by atoms with E-state index >= 15 is 0 Å². The predicted molar refractivity (Wildman–Crippen MR) is 115 cm³/mol. The SMILES string of the molecule is CC(C)CCOc1ccc(C(=O)CCNc2sc3c(c2C#N)CCCC3)cc1. The third kappa shape index (κ3) is 5.14. The lowest BCUT2D eigenvalue weighted by atomic mass is 9.96. The number of aryl methyl sites for hydroxylation is 1. The summed E-state index contributed by atoms with van der Waals surface area (Å²) >= 11 is 1.68. The van der Waals surface area contributed by atoms with Crippen LogP contribution in [0, 0.1) is 17.2 Å². The van der Waals surface area contributed by atoms with E-state index in [0.29, 0.717) is 31.1 Å². The van der Waals surface area contributed by atoms with Crippen LogP contribution < -0.4 is 10.1 Å². The Morgan fingerprint density at radius 2 is 2.00 bits per heavy atom. The molecule has 0 radical (unpaired) electrons. The Bertz CT molecular complexity index is 847. The van der Waals surface area contributed by atoms with E-state index in [9.17, 15) is 10.1 Å². The molecule has 1 N–H and O–H groups in total. The highest BCUT2D eigenvalue weighted by Gasteiger charge is 2.20. The lowest BCUT2D eigenvalue weighted by Crippen LogP contribution is -2.09. The normalized spacial score (nSPS) is 13.1. The van der Waals surface area contributed by atoms with Gasteiger partial charge in [-0.25, -0.2) is 0 Å². The number of ketones is 1. The minimum atomic E-state index is 0.0982. The Hall–Kier alpha value is -2.32. The fourth-order valence-electron chi connectivity index (χ4n) is 3.39. The van der Waals surface area contributed by atoms with Gasteiger partial charge in [0.2, 0.25) is 0 Å². The number of carbonyl (C=O) groups excluding carboxylic acids is 1. The van der Waals surface area contributed by atoms with Gasteiger partial charge < -0.3 is 10.1 Å². The van der Waals surface area contributed by atoms with Crippen molar-refractivity contribution in [2.45, 2.75) is 52.4 Å². The fraction of sp³-hybridized carbons (Fsp3) is 0.478. The van der Waals surface area contributed by atoms with Crippen LogP contribution in [-0.2, 0) is 12.8 Å². The van der Waals surface area contributed by atoms with Crippen LogP contribution in [0.4, 0.5) is 5.00 Å². The Kier molecular flexibility index (Phi) is 7.11. The first-order chi connectivity index (χ1) is 13.6. The molecule has 28 heavy (non-hydrogen) atoms. The first-order valence-corrected chi connectivity index (χ1v) is 10.9. The Morgan fingerprint density at radius 3 is 2.71 bits per heavy atom. The van der Waals surface area contributed by atoms with Crippen LogP contribution >= 0.6 is 11.3 Å². The van der Waals surface area contributed by atoms with E-state index in [-0.39, 0.29) is 5.78 Å². The summed E-state index contributed by atoms with van der Waals surface area (Å²) in [5.74, 6) is 1.52. The van der Waals surface area contributed by atoms with E-state index < -0.39 is 0 Å². The van der Waals surface area contributed by atoms with E-state index in [2.05, 4.69) is 25.2 Å². The summed E-state index contributed by atoms with van der Waals surface area (Å²) in [6, 6.07) is 9.74. The molecular formula is C23H28N2O2S. The molecule has 1 aliphatic rings. The lowest BCUT2D eigenvalue weighted by molar-refractivity contribution is 0.0986. The van der Waals surface area contributed by atoms with Crippen LogP contribution in [0.15, 0.2) is 24.3 Å². The topological polar surface area (TPSA) is 62.1 Å². The van der Waals surface area contributed by atoms with E-state index in [0.717, 1.165) is 42.0 Å². The monoisotopic (exact) mass is 396 g/mol. The lowest BCUT2D eigenvalue weighted by Gasteiger charge is -2.09. The third-order valence-corrected chi connectivity index (χ3v) is 6.31. The summed E-state index contributed by atoms with van der Waals surface area (Å²) in [6.07, 6.45) is 5.85. The molecular weight excluding hydrogens is 368 g/mol. The van der Waals surface area contributed by atoms with Crippen molar-refractivity contribution in [3.63, 3.8) is 0 Å². The van der Waals surface area contributed by atoms with Gasteiger partial charge in [-0.3, -0.25) is 4.79 Å². The van der Waals surface area contributed by atoms with Crippen LogP contribution in [0.5, 0.6) is 5.75 Å². The van der Waals surface area contributed by atoms with Crippen molar-refractivity contribution in [1.29, 1.82) is 5.26 Å². The van der Waals surface area contributed by atoms with Gasteiger partial charge >= 0.3 is 0 Å². The molecule has 0 spiro atoms. The van der Waals surface area contributed by atoms with Gasteiger partial charge in [-0.05, 0) is 67.9 Å². The number of rotatable bonds is 9. The first-order valence-electron chi connectivity index (χ1n) is 10.1. The van der Waals surface area contributed by atoms with Gasteiger partial charge in [0.15, 0.2) is 5.78 Å². The van der Waals surface area contributed by atoms with Crippen molar-refractivity contribution in [2.75, 3.05) is 18.5 Å². The summed E-state index contributed by atoms with van der Waals surface area (Å²) < 4.78 is 5.70. The van der Waals surface area contributed by atoms with Gasteiger partial charge in [-0.1, -0.05) is 13.8 Å². The quantitative estimate of drug-likeness (QED) is 0.560. The number of nitriles is 1. The minimum absolute atomic E-state index is 0.0982. The number of ether oxygens (including phenoxy) is 1. The zero-order chi connectivity index (χ0) is 19.9. The molecule has 0 saturated carbocycles. The average molecular weight is 397 g/mol. The van der Waals surface area contributed by atoms with Crippen LogP contribution in [0.3, 0.4) is 0 Å². The molecule has 0 saturated heterocycles. The zero-order valence-corrected chi connectivity index (χ0v) is 17.5. The molecule has 1 heterocycles. The number of hydrogen-bond acceptors (Lipinski definition) is 5. The van der Waals surface area contributed by atoms with Gasteiger partial charge in [0.25, 0.3) is 0 Å². The number of thiophene rings is 1. The van der Waals surface area contributed by atoms with E-state index in [1.165, 1.54) is 16.9 Å². The molecule has 4 nitrogen and oxygen atoms in total. The van der Waals surface area contributed by atoms with Crippen molar-refractivity contribution in [1.82, 2.24) is 0 Å². The van der Waals surface area contributed by atoms with Gasteiger partial charge in [0, 0.05) is 23.4 Å². The molecule has 0 bridgehead atoms. The molecule has 0 aliphatic heterocycles.